The molecule has 1 aliphatic heterocycles. The number of rotatable bonds is 5. The monoisotopic (exact) mass is 369 g/mol. The maximum atomic E-state index is 13.0. The third kappa shape index (κ3) is 5.12. The highest BCUT2D eigenvalue weighted by Gasteiger charge is 2.31. The fourth-order valence-electron chi connectivity index (χ4n) is 3.61. The molecule has 1 fully saturated rings. The van der Waals surface area contributed by atoms with E-state index in [0.29, 0.717) is 13.1 Å². The smallest absolute Gasteiger partial charge is 0.226 e. The Labute approximate surface area is 158 Å². The topological polar surface area (TPSA) is 62.3 Å². The Morgan fingerprint density at radius 1 is 1.26 bits per heavy atom. The van der Waals surface area contributed by atoms with Crippen molar-refractivity contribution in [3.05, 3.63) is 65.7 Å². The van der Waals surface area contributed by atoms with Crippen LogP contribution in [0.5, 0.6) is 0 Å². The number of nitrogens with one attached hydrogen (secondary N) is 1. The van der Waals surface area contributed by atoms with Crippen molar-refractivity contribution in [2.75, 3.05) is 13.1 Å². The van der Waals surface area contributed by atoms with E-state index in [0.717, 1.165) is 24.1 Å². The van der Waals surface area contributed by atoms with Crippen LogP contribution in [0.3, 0.4) is 0 Å². The van der Waals surface area contributed by atoms with Crippen molar-refractivity contribution in [1.29, 1.82) is 0 Å². The van der Waals surface area contributed by atoms with Gasteiger partial charge in [-0.1, -0.05) is 18.2 Å². The van der Waals surface area contributed by atoms with Crippen molar-refractivity contribution < 1.29 is 14.0 Å². The normalized spacial score (nSPS) is 18.0. The van der Waals surface area contributed by atoms with Gasteiger partial charge in [0.05, 0.1) is 18.2 Å². The van der Waals surface area contributed by atoms with E-state index in [1.54, 1.807) is 18.3 Å². The van der Waals surface area contributed by atoms with E-state index in [4.69, 9.17) is 0 Å². The van der Waals surface area contributed by atoms with E-state index in [1.165, 1.54) is 19.1 Å². The van der Waals surface area contributed by atoms with Crippen LogP contribution in [0.15, 0.2) is 48.7 Å². The molecule has 5 nitrogen and oxygen atoms in total. The maximum Gasteiger partial charge on any atom is 0.226 e. The van der Waals surface area contributed by atoms with Crippen molar-refractivity contribution in [2.45, 2.75) is 32.2 Å². The summed E-state index contributed by atoms with van der Waals surface area (Å²) in [6, 6.07) is 11.5. The number of hydrogen-bond donors (Lipinski definition) is 1. The largest absolute Gasteiger partial charge is 0.348 e. The summed E-state index contributed by atoms with van der Waals surface area (Å²) >= 11 is 0. The van der Waals surface area contributed by atoms with Gasteiger partial charge in [0, 0.05) is 32.1 Å². The molecule has 1 aromatic carbocycles. The van der Waals surface area contributed by atoms with Crippen LogP contribution in [0.4, 0.5) is 4.39 Å². The molecule has 0 spiro atoms. The Morgan fingerprint density at radius 2 is 2.04 bits per heavy atom. The molecule has 1 aliphatic rings. The van der Waals surface area contributed by atoms with Crippen LogP contribution in [0.25, 0.3) is 0 Å². The van der Waals surface area contributed by atoms with Crippen LogP contribution < -0.4 is 5.32 Å². The van der Waals surface area contributed by atoms with E-state index in [9.17, 15) is 14.0 Å². The van der Waals surface area contributed by atoms with Crippen molar-refractivity contribution >= 4 is 11.8 Å². The molecule has 2 aromatic rings. The van der Waals surface area contributed by atoms with Crippen molar-refractivity contribution in [2.24, 2.45) is 5.92 Å². The Kier molecular flexibility index (Phi) is 6.16. The molecule has 27 heavy (non-hydrogen) atoms. The lowest BCUT2D eigenvalue weighted by Crippen LogP contribution is -2.45. The SMILES string of the molecule is CC(=O)NC(c1ccccn1)C1CCCN(C(=O)Cc2ccc(F)cc2)C1. The lowest BCUT2D eigenvalue weighted by atomic mass is 9.88. The van der Waals surface area contributed by atoms with Crippen molar-refractivity contribution in [3.63, 3.8) is 0 Å². The van der Waals surface area contributed by atoms with E-state index in [2.05, 4.69) is 10.3 Å². The summed E-state index contributed by atoms with van der Waals surface area (Å²) in [4.78, 5) is 30.7. The fourth-order valence-corrected chi connectivity index (χ4v) is 3.61. The van der Waals surface area contributed by atoms with Gasteiger partial charge >= 0.3 is 0 Å². The summed E-state index contributed by atoms with van der Waals surface area (Å²) in [6.45, 7) is 2.77. The average molecular weight is 369 g/mol. The third-order valence-corrected chi connectivity index (χ3v) is 4.92. The number of benzene rings is 1. The second-order valence-corrected chi connectivity index (χ2v) is 6.98. The van der Waals surface area contributed by atoms with Crippen LogP contribution >= 0.6 is 0 Å². The molecular formula is C21H24FN3O2. The number of pyridine rings is 1. The molecule has 0 bridgehead atoms. The standard InChI is InChI=1S/C21H24FN3O2/c1-15(26)24-21(19-6-2-3-11-23-19)17-5-4-12-25(14-17)20(27)13-16-7-9-18(22)10-8-16/h2-3,6-11,17,21H,4-5,12-14H2,1H3,(H,24,26). The van der Waals surface area contributed by atoms with Gasteiger partial charge in [-0.25, -0.2) is 4.39 Å². The number of amides is 2. The Hall–Kier alpha value is -2.76. The molecule has 2 heterocycles. The van der Waals surface area contributed by atoms with Gasteiger partial charge in [-0.15, -0.1) is 0 Å². The summed E-state index contributed by atoms with van der Waals surface area (Å²) in [5, 5.41) is 3.00. The number of carbonyl (C=O) groups is 2. The molecule has 2 atom stereocenters. The minimum absolute atomic E-state index is 0.0221. The second-order valence-electron chi connectivity index (χ2n) is 6.98. The molecule has 1 saturated heterocycles. The minimum atomic E-state index is -0.308. The summed E-state index contributed by atoms with van der Waals surface area (Å²) in [5.74, 6) is -0.290. The molecule has 0 radical (unpaired) electrons. The lowest BCUT2D eigenvalue weighted by Gasteiger charge is -2.37. The average Bonchev–Trinajstić information content (AvgIpc) is 2.68. The molecular weight excluding hydrogens is 345 g/mol. The van der Waals surface area contributed by atoms with Crippen LogP contribution in [0.1, 0.15) is 37.1 Å². The summed E-state index contributed by atoms with van der Waals surface area (Å²) < 4.78 is 13.0. The zero-order chi connectivity index (χ0) is 19.2. The summed E-state index contributed by atoms with van der Waals surface area (Å²) in [7, 11) is 0. The Morgan fingerprint density at radius 3 is 2.70 bits per heavy atom. The number of nitrogens with zero attached hydrogens (tertiary/aromatic N) is 2. The molecule has 2 unspecified atom stereocenters. The summed E-state index contributed by atoms with van der Waals surface area (Å²) in [5.41, 5.74) is 1.61. The Balaban J connectivity index is 1.70. The number of halogens is 1. The van der Waals surface area contributed by atoms with E-state index < -0.39 is 0 Å². The lowest BCUT2D eigenvalue weighted by molar-refractivity contribution is -0.132. The third-order valence-electron chi connectivity index (χ3n) is 4.92. The van der Waals surface area contributed by atoms with Crippen LogP contribution in [0.2, 0.25) is 0 Å². The minimum Gasteiger partial charge on any atom is -0.348 e. The molecule has 0 saturated carbocycles. The van der Waals surface area contributed by atoms with Gasteiger partial charge in [0.2, 0.25) is 11.8 Å². The van der Waals surface area contributed by atoms with Crippen LogP contribution in [-0.2, 0) is 16.0 Å². The van der Waals surface area contributed by atoms with Crippen LogP contribution in [0, 0.1) is 11.7 Å². The fraction of sp³-hybridized carbons (Fsp3) is 0.381. The van der Waals surface area contributed by atoms with Gasteiger partial charge in [0.15, 0.2) is 0 Å². The highest BCUT2D eigenvalue weighted by molar-refractivity contribution is 5.79. The molecule has 6 heteroatoms. The maximum absolute atomic E-state index is 13.0. The van der Waals surface area contributed by atoms with E-state index >= 15 is 0 Å². The van der Waals surface area contributed by atoms with Crippen molar-refractivity contribution in [3.8, 4) is 0 Å². The Bertz CT molecular complexity index is 780. The van der Waals surface area contributed by atoms with E-state index in [1.807, 2.05) is 23.1 Å². The molecule has 3 rings (SSSR count). The first-order chi connectivity index (χ1) is 13.0. The highest BCUT2D eigenvalue weighted by atomic mass is 19.1. The molecule has 142 valence electrons. The van der Waals surface area contributed by atoms with Crippen molar-refractivity contribution in [1.82, 2.24) is 15.2 Å². The molecule has 0 aliphatic carbocycles. The van der Waals surface area contributed by atoms with Gasteiger partial charge in [-0.05, 0) is 42.7 Å². The number of hydrogen-bond acceptors (Lipinski definition) is 3. The first kappa shape index (κ1) is 19.0. The first-order valence-electron chi connectivity index (χ1n) is 9.23. The highest BCUT2D eigenvalue weighted by Crippen LogP contribution is 2.29. The predicted octanol–water partition coefficient (Wildman–Crippen LogP) is 2.88. The molecule has 2 amide bonds. The number of piperidine rings is 1. The van der Waals surface area contributed by atoms with Gasteiger partial charge < -0.3 is 10.2 Å². The van der Waals surface area contributed by atoms with Gasteiger partial charge in [-0.3, -0.25) is 14.6 Å². The predicted molar refractivity (Wildman–Crippen MR) is 100 cm³/mol. The van der Waals surface area contributed by atoms with E-state index in [-0.39, 0.29) is 36.0 Å². The van der Waals surface area contributed by atoms with Gasteiger partial charge in [0.1, 0.15) is 5.82 Å². The number of aromatic nitrogens is 1. The van der Waals surface area contributed by atoms with Gasteiger partial charge in [-0.2, -0.15) is 0 Å². The van der Waals surface area contributed by atoms with Gasteiger partial charge in [0.25, 0.3) is 0 Å². The summed E-state index contributed by atoms with van der Waals surface area (Å²) in [6.07, 6.45) is 3.76. The zero-order valence-corrected chi connectivity index (χ0v) is 15.4. The zero-order valence-electron chi connectivity index (χ0n) is 15.4. The number of likely N-dealkylation sites (tertiary alicyclic amines) is 1. The quantitative estimate of drug-likeness (QED) is 0.882. The molecule has 1 aromatic heterocycles. The first-order valence-corrected chi connectivity index (χ1v) is 9.23. The van der Waals surface area contributed by atoms with Crippen LogP contribution in [-0.4, -0.2) is 34.8 Å². The second kappa shape index (κ2) is 8.75. The molecule has 1 N–H and O–H groups in total. The number of carbonyl (C=O) groups excluding carboxylic acids is 2.